The first-order chi connectivity index (χ1) is 6.24. The van der Waals surface area contributed by atoms with Crippen LogP contribution in [0.15, 0.2) is 28.7 Å². The monoisotopic (exact) mass is 197 g/mol. The van der Waals surface area contributed by atoms with Crippen LogP contribution < -0.4 is 0 Å². The van der Waals surface area contributed by atoms with E-state index in [1.165, 1.54) is 17.4 Å². The van der Waals surface area contributed by atoms with Crippen molar-refractivity contribution in [2.24, 2.45) is 5.16 Å². The Hall–Kier alpha value is -1.62. The highest BCUT2D eigenvalue weighted by atomic mass is 32.1. The fourth-order valence-electron chi connectivity index (χ4n) is 0.695. The van der Waals surface area contributed by atoms with Gasteiger partial charge in [0.25, 0.3) is 0 Å². The third kappa shape index (κ3) is 2.72. The van der Waals surface area contributed by atoms with E-state index in [0.717, 1.165) is 4.88 Å². The number of oxime groups is 1. The Bertz CT molecular complexity index is 340. The molecule has 1 aromatic heterocycles. The Morgan fingerprint density at radius 2 is 2.38 bits per heavy atom. The molecule has 68 valence electrons. The normalized spacial score (nSPS) is 12.2. The van der Waals surface area contributed by atoms with Gasteiger partial charge in [0, 0.05) is 4.88 Å². The lowest BCUT2D eigenvalue weighted by atomic mass is 10.3. The number of rotatable bonds is 3. The van der Waals surface area contributed by atoms with Crippen LogP contribution in [0.3, 0.4) is 0 Å². The summed E-state index contributed by atoms with van der Waals surface area (Å²) in [6, 6.07) is 3.68. The van der Waals surface area contributed by atoms with Crippen molar-refractivity contribution in [3.8, 4) is 0 Å². The van der Waals surface area contributed by atoms with Crippen LogP contribution in [0.4, 0.5) is 0 Å². The zero-order valence-corrected chi connectivity index (χ0v) is 7.36. The van der Waals surface area contributed by atoms with Gasteiger partial charge in [-0.2, -0.15) is 0 Å². The van der Waals surface area contributed by atoms with Crippen LogP contribution in [0.2, 0.25) is 0 Å². The number of hydrogen-bond donors (Lipinski definition) is 2. The molecule has 1 rings (SSSR count). The van der Waals surface area contributed by atoms with Crippen LogP contribution in [-0.4, -0.2) is 22.0 Å². The van der Waals surface area contributed by atoms with E-state index in [0.29, 0.717) is 0 Å². The Labute approximate surface area is 78.4 Å². The van der Waals surface area contributed by atoms with Crippen LogP contribution in [0, 0.1) is 0 Å². The number of nitrogens with zero attached hydrogens (tertiary/aromatic N) is 1. The third-order valence-corrected chi connectivity index (χ3v) is 2.11. The summed E-state index contributed by atoms with van der Waals surface area (Å²) in [5, 5.41) is 21.2. The van der Waals surface area contributed by atoms with Gasteiger partial charge in [0.15, 0.2) is 5.71 Å². The number of hydrogen-bond acceptors (Lipinski definition) is 4. The molecule has 0 atom stereocenters. The molecule has 5 heteroatoms. The highest BCUT2D eigenvalue weighted by Crippen LogP contribution is 2.10. The van der Waals surface area contributed by atoms with Gasteiger partial charge in [-0.3, -0.25) is 0 Å². The molecule has 0 aromatic carbocycles. The SMILES string of the molecule is O=C(O)C(/C=C/c1cccs1)=N\O. The summed E-state index contributed by atoms with van der Waals surface area (Å²) in [5.74, 6) is -1.25. The van der Waals surface area contributed by atoms with Gasteiger partial charge in [-0.1, -0.05) is 11.2 Å². The summed E-state index contributed by atoms with van der Waals surface area (Å²) in [6.45, 7) is 0. The Kier molecular flexibility index (Phi) is 3.22. The second-order valence-electron chi connectivity index (χ2n) is 2.14. The summed E-state index contributed by atoms with van der Waals surface area (Å²) >= 11 is 1.47. The van der Waals surface area contributed by atoms with Gasteiger partial charge in [0.2, 0.25) is 0 Å². The van der Waals surface area contributed by atoms with E-state index in [9.17, 15) is 4.79 Å². The van der Waals surface area contributed by atoms with Gasteiger partial charge in [-0.15, -0.1) is 11.3 Å². The maximum absolute atomic E-state index is 10.4. The minimum absolute atomic E-state index is 0.381. The summed E-state index contributed by atoms with van der Waals surface area (Å²) in [5.41, 5.74) is -0.381. The standard InChI is InChI=1S/C8H7NO3S/c10-8(11)7(9-12)4-3-6-2-1-5-13-6/h1-5,12H,(H,10,11)/b4-3+,9-7-. The molecule has 0 saturated carbocycles. The molecule has 0 fully saturated rings. The fourth-order valence-corrected chi connectivity index (χ4v) is 1.31. The van der Waals surface area contributed by atoms with Crippen molar-refractivity contribution in [2.45, 2.75) is 0 Å². The molecule has 0 bridgehead atoms. The molecule has 2 N–H and O–H groups in total. The summed E-state index contributed by atoms with van der Waals surface area (Å²) < 4.78 is 0. The number of carboxylic acid groups (broad SMARTS) is 1. The first kappa shape index (κ1) is 9.47. The van der Waals surface area contributed by atoms with Gasteiger partial charge in [-0.05, 0) is 23.6 Å². The van der Waals surface area contributed by atoms with Crippen molar-refractivity contribution in [1.82, 2.24) is 0 Å². The van der Waals surface area contributed by atoms with E-state index in [2.05, 4.69) is 5.16 Å². The van der Waals surface area contributed by atoms with Crippen molar-refractivity contribution in [1.29, 1.82) is 0 Å². The van der Waals surface area contributed by atoms with Crippen LogP contribution in [-0.2, 0) is 4.79 Å². The Morgan fingerprint density at radius 1 is 1.62 bits per heavy atom. The quantitative estimate of drug-likeness (QED) is 0.440. The second-order valence-corrected chi connectivity index (χ2v) is 3.12. The Morgan fingerprint density at radius 3 is 2.85 bits per heavy atom. The predicted octanol–water partition coefficient (Wildman–Crippen LogP) is 1.68. The highest BCUT2D eigenvalue weighted by Gasteiger charge is 2.04. The molecule has 0 radical (unpaired) electrons. The van der Waals surface area contributed by atoms with Crippen LogP contribution in [0.5, 0.6) is 0 Å². The molecule has 13 heavy (non-hydrogen) atoms. The van der Waals surface area contributed by atoms with Crippen molar-refractivity contribution in [3.05, 3.63) is 28.5 Å². The van der Waals surface area contributed by atoms with E-state index < -0.39 is 5.97 Å². The molecule has 0 spiro atoms. The zero-order chi connectivity index (χ0) is 9.68. The topological polar surface area (TPSA) is 69.9 Å². The third-order valence-electron chi connectivity index (χ3n) is 1.28. The largest absolute Gasteiger partial charge is 0.476 e. The highest BCUT2D eigenvalue weighted by molar-refractivity contribution is 7.10. The lowest BCUT2D eigenvalue weighted by Gasteiger charge is -1.87. The molecule has 0 aliphatic rings. The molecule has 0 aliphatic heterocycles. The number of thiophene rings is 1. The lowest BCUT2D eigenvalue weighted by molar-refractivity contribution is -0.129. The first-order valence-electron chi connectivity index (χ1n) is 3.41. The fraction of sp³-hybridized carbons (Fsp3) is 0. The predicted molar refractivity (Wildman–Crippen MR) is 50.2 cm³/mol. The van der Waals surface area contributed by atoms with Crippen LogP contribution >= 0.6 is 11.3 Å². The number of carboxylic acids is 1. The maximum atomic E-state index is 10.4. The number of carbonyl (C=O) groups is 1. The molecule has 0 amide bonds. The van der Waals surface area contributed by atoms with E-state index in [-0.39, 0.29) is 5.71 Å². The van der Waals surface area contributed by atoms with Crippen LogP contribution in [0.1, 0.15) is 4.88 Å². The summed E-state index contributed by atoms with van der Waals surface area (Å²) in [4.78, 5) is 11.3. The molecule has 0 aliphatic carbocycles. The van der Waals surface area contributed by atoms with Crippen molar-refractivity contribution >= 4 is 29.1 Å². The van der Waals surface area contributed by atoms with Gasteiger partial charge >= 0.3 is 5.97 Å². The molecule has 0 saturated heterocycles. The molecule has 0 unspecified atom stereocenters. The van der Waals surface area contributed by atoms with E-state index >= 15 is 0 Å². The van der Waals surface area contributed by atoms with Crippen molar-refractivity contribution < 1.29 is 15.1 Å². The first-order valence-corrected chi connectivity index (χ1v) is 4.29. The molecule has 1 heterocycles. The summed E-state index contributed by atoms with van der Waals surface area (Å²) in [6.07, 6.45) is 2.82. The second kappa shape index (κ2) is 4.42. The zero-order valence-electron chi connectivity index (χ0n) is 6.54. The van der Waals surface area contributed by atoms with Crippen molar-refractivity contribution in [2.75, 3.05) is 0 Å². The van der Waals surface area contributed by atoms with E-state index in [4.69, 9.17) is 10.3 Å². The minimum atomic E-state index is -1.25. The van der Waals surface area contributed by atoms with Gasteiger partial charge in [0.05, 0.1) is 0 Å². The Balaban J connectivity index is 2.73. The average Bonchev–Trinajstić information content (AvgIpc) is 2.57. The molecule has 4 nitrogen and oxygen atoms in total. The van der Waals surface area contributed by atoms with E-state index in [1.54, 1.807) is 6.08 Å². The summed E-state index contributed by atoms with van der Waals surface area (Å²) in [7, 11) is 0. The van der Waals surface area contributed by atoms with Crippen molar-refractivity contribution in [3.63, 3.8) is 0 Å². The molecule has 1 aromatic rings. The molecular formula is C8H7NO3S. The lowest BCUT2D eigenvalue weighted by Crippen LogP contribution is -2.09. The van der Waals surface area contributed by atoms with E-state index in [1.807, 2.05) is 17.5 Å². The maximum Gasteiger partial charge on any atom is 0.357 e. The van der Waals surface area contributed by atoms with Crippen LogP contribution in [0.25, 0.3) is 6.08 Å². The smallest absolute Gasteiger partial charge is 0.357 e. The number of aliphatic carboxylic acids is 1. The minimum Gasteiger partial charge on any atom is -0.476 e. The van der Waals surface area contributed by atoms with Gasteiger partial charge < -0.3 is 10.3 Å². The average molecular weight is 197 g/mol. The van der Waals surface area contributed by atoms with Gasteiger partial charge in [-0.25, -0.2) is 4.79 Å². The van der Waals surface area contributed by atoms with Gasteiger partial charge in [0.1, 0.15) is 0 Å². The molecular weight excluding hydrogens is 190 g/mol.